The highest BCUT2D eigenvalue weighted by Crippen LogP contribution is 2.35. The molecule has 0 aliphatic carbocycles. The van der Waals surface area contributed by atoms with E-state index in [2.05, 4.69) is 5.32 Å². The topological polar surface area (TPSA) is 75.0 Å². The second kappa shape index (κ2) is 6.19. The molecule has 0 aromatic heterocycles. The van der Waals surface area contributed by atoms with E-state index in [1.165, 1.54) is 0 Å². The molecule has 6 nitrogen and oxygen atoms in total. The molecule has 1 saturated heterocycles. The number of rotatable bonds is 6. The third-order valence-electron chi connectivity index (χ3n) is 3.66. The summed E-state index contributed by atoms with van der Waals surface area (Å²) in [5, 5.41) is 3.31. The molecule has 112 valence electrons. The first-order valence-corrected chi connectivity index (χ1v) is 6.52. The number of hydrogen-bond donors (Lipinski definition) is 2. The van der Waals surface area contributed by atoms with Crippen molar-refractivity contribution in [1.82, 2.24) is 0 Å². The van der Waals surface area contributed by atoms with Gasteiger partial charge in [-0.15, -0.1) is 0 Å². The Morgan fingerprint density at radius 1 is 1.25 bits per heavy atom. The molecule has 0 radical (unpaired) electrons. The normalized spacial score (nSPS) is 21.8. The fourth-order valence-corrected chi connectivity index (χ4v) is 2.27. The van der Waals surface area contributed by atoms with Crippen LogP contribution in [0.15, 0.2) is 12.1 Å². The molecule has 1 atom stereocenters. The molecule has 0 spiro atoms. The van der Waals surface area contributed by atoms with Gasteiger partial charge in [0.05, 0.1) is 32.2 Å². The first-order valence-electron chi connectivity index (χ1n) is 6.52. The Morgan fingerprint density at radius 3 is 2.50 bits per heavy atom. The fourth-order valence-electron chi connectivity index (χ4n) is 2.27. The minimum Gasteiger partial charge on any atom is -0.493 e. The Kier molecular flexibility index (Phi) is 4.57. The van der Waals surface area contributed by atoms with Crippen molar-refractivity contribution in [3.63, 3.8) is 0 Å². The zero-order chi connectivity index (χ0) is 14.6. The first kappa shape index (κ1) is 14.7. The molecule has 1 aliphatic rings. The summed E-state index contributed by atoms with van der Waals surface area (Å²) in [4.78, 5) is 0. The Morgan fingerprint density at radius 2 is 1.95 bits per heavy atom. The lowest BCUT2D eigenvalue weighted by Crippen LogP contribution is -2.39. The van der Waals surface area contributed by atoms with Gasteiger partial charge in [0.15, 0.2) is 11.5 Å². The van der Waals surface area contributed by atoms with Gasteiger partial charge in [-0.05, 0) is 0 Å². The van der Waals surface area contributed by atoms with E-state index in [4.69, 9.17) is 24.7 Å². The number of benzene rings is 1. The lowest BCUT2D eigenvalue weighted by molar-refractivity contribution is -0.00619. The average Bonchev–Trinajstić information content (AvgIpc) is 2.95. The number of anilines is 2. The first-order chi connectivity index (χ1) is 9.64. The highest BCUT2D eigenvalue weighted by molar-refractivity contribution is 5.72. The van der Waals surface area contributed by atoms with E-state index >= 15 is 0 Å². The zero-order valence-corrected chi connectivity index (χ0v) is 12.2. The van der Waals surface area contributed by atoms with Gasteiger partial charge >= 0.3 is 0 Å². The van der Waals surface area contributed by atoms with E-state index in [0.717, 1.165) is 18.7 Å². The van der Waals surface area contributed by atoms with Crippen LogP contribution in [0.5, 0.6) is 11.5 Å². The maximum absolute atomic E-state index is 6.02. The highest BCUT2D eigenvalue weighted by atomic mass is 16.5. The van der Waals surface area contributed by atoms with Crippen molar-refractivity contribution in [1.29, 1.82) is 0 Å². The smallest absolute Gasteiger partial charge is 0.162 e. The standard InChI is InChI=1S/C14H22N2O4/c1-17-12-6-10(15)11(7-13(12)18-2)16-8-14(19-3)4-5-20-9-14/h6-7,16H,4-5,8-9,15H2,1-3H3. The third kappa shape index (κ3) is 2.91. The van der Waals surface area contributed by atoms with Crippen molar-refractivity contribution in [3.8, 4) is 11.5 Å². The molecular weight excluding hydrogens is 260 g/mol. The van der Waals surface area contributed by atoms with E-state index in [9.17, 15) is 0 Å². The van der Waals surface area contributed by atoms with E-state index in [-0.39, 0.29) is 5.60 Å². The van der Waals surface area contributed by atoms with Crippen molar-refractivity contribution in [2.75, 3.05) is 52.1 Å². The van der Waals surface area contributed by atoms with Crippen LogP contribution in [-0.2, 0) is 9.47 Å². The fraction of sp³-hybridized carbons (Fsp3) is 0.571. The monoisotopic (exact) mass is 282 g/mol. The van der Waals surface area contributed by atoms with E-state index in [1.807, 2.05) is 6.07 Å². The van der Waals surface area contributed by atoms with Crippen LogP contribution in [0.25, 0.3) is 0 Å². The van der Waals surface area contributed by atoms with Gasteiger partial charge in [-0.3, -0.25) is 0 Å². The van der Waals surface area contributed by atoms with Crippen molar-refractivity contribution in [2.45, 2.75) is 12.0 Å². The molecule has 0 saturated carbocycles. The average molecular weight is 282 g/mol. The summed E-state index contributed by atoms with van der Waals surface area (Å²) in [7, 11) is 4.88. The lowest BCUT2D eigenvalue weighted by Gasteiger charge is -2.27. The predicted molar refractivity (Wildman–Crippen MR) is 77.6 cm³/mol. The van der Waals surface area contributed by atoms with E-state index in [1.54, 1.807) is 27.4 Å². The van der Waals surface area contributed by atoms with Gasteiger partial charge in [-0.25, -0.2) is 0 Å². The van der Waals surface area contributed by atoms with Gasteiger partial charge in [0.25, 0.3) is 0 Å². The van der Waals surface area contributed by atoms with Crippen molar-refractivity contribution >= 4 is 11.4 Å². The van der Waals surface area contributed by atoms with Crippen LogP contribution in [0.4, 0.5) is 11.4 Å². The van der Waals surface area contributed by atoms with Gasteiger partial charge in [0.2, 0.25) is 0 Å². The van der Waals surface area contributed by atoms with Crippen molar-refractivity contribution in [3.05, 3.63) is 12.1 Å². The number of nitrogen functional groups attached to an aromatic ring is 1. The van der Waals surface area contributed by atoms with Gasteiger partial charge in [-0.1, -0.05) is 0 Å². The number of hydrogen-bond acceptors (Lipinski definition) is 6. The van der Waals surface area contributed by atoms with Gasteiger partial charge in [0, 0.05) is 38.8 Å². The minimum absolute atomic E-state index is 0.292. The maximum Gasteiger partial charge on any atom is 0.162 e. The van der Waals surface area contributed by atoms with Crippen molar-refractivity contribution in [2.24, 2.45) is 0 Å². The summed E-state index contributed by atoms with van der Waals surface area (Å²) in [5.41, 5.74) is 7.13. The highest BCUT2D eigenvalue weighted by Gasteiger charge is 2.34. The van der Waals surface area contributed by atoms with Crippen LogP contribution in [0.3, 0.4) is 0 Å². The maximum atomic E-state index is 6.02. The minimum atomic E-state index is -0.292. The number of methoxy groups -OCH3 is 3. The van der Waals surface area contributed by atoms with Crippen molar-refractivity contribution < 1.29 is 18.9 Å². The Balaban J connectivity index is 2.13. The Hall–Kier alpha value is -1.66. The number of nitrogens with two attached hydrogens (primary N) is 1. The molecule has 3 N–H and O–H groups in total. The molecule has 1 aliphatic heterocycles. The predicted octanol–water partition coefficient (Wildman–Crippen LogP) is 1.50. The largest absolute Gasteiger partial charge is 0.493 e. The van der Waals surface area contributed by atoms with Crippen LogP contribution in [-0.4, -0.2) is 46.7 Å². The Bertz CT molecular complexity index is 459. The lowest BCUT2D eigenvalue weighted by atomic mass is 10.0. The second-order valence-electron chi connectivity index (χ2n) is 4.84. The quantitative estimate of drug-likeness (QED) is 0.770. The van der Waals surface area contributed by atoms with Crippen LogP contribution in [0, 0.1) is 0 Å². The molecular formula is C14H22N2O4. The summed E-state index contributed by atoms with van der Waals surface area (Å²) in [6.45, 7) is 1.93. The summed E-state index contributed by atoms with van der Waals surface area (Å²) in [5.74, 6) is 1.25. The van der Waals surface area contributed by atoms with E-state index < -0.39 is 0 Å². The molecule has 1 aromatic carbocycles. The Labute approximate surface area is 119 Å². The summed E-state index contributed by atoms with van der Waals surface area (Å²) >= 11 is 0. The number of nitrogens with one attached hydrogen (secondary N) is 1. The van der Waals surface area contributed by atoms with Gasteiger partial charge in [-0.2, -0.15) is 0 Å². The van der Waals surface area contributed by atoms with Crippen LogP contribution < -0.4 is 20.5 Å². The molecule has 20 heavy (non-hydrogen) atoms. The molecule has 0 bridgehead atoms. The van der Waals surface area contributed by atoms with Crippen LogP contribution in [0.1, 0.15) is 6.42 Å². The molecule has 2 rings (SSSR count). The molecule has 1 aromatic rings. The molecule has 0 amide bonds. The third-order valence-corrected chi connectivity index (χ3v) is 3.66. The van der Waals surface area contributed by atoms with E-state index in [0.29, 0.717) is 30.3 Å². The van der Waals surface area contributed by atoms with Crippen LogP contribution >= 0.6 is 0 Å². The van der Waals surface area contributed by atoms with Gasteiger partial charge < -0.3 is 30.0 Å². The molecule has 1 heterocycles. The second-order valence-corrected chi connectivity index (χ2v) is 4.84. The summed E-state index contributed by atoms with van der Waals surface area (Å²) in [6, 6.07) is 3.57. The van der Waals surface area contributed by atoms with Crippen LogP contribution in [0.2, 0.25) is 0 Å². The summed E-state index contributed by atoms with van der Waals surface area (Å²) < 4.78 is 21.5. The number of ether oxygens (including phenoxy) is 4. The molecule has 6 heteroatoms. The molecule has 1 fully saturated rings. The summed E-state index contributed by atoms with van der Waals surface area (Å²) in [6.07, 6.45) is 0.865. The zero-order valence-electron chi connectivity index (χ0n) is 12.2. The van der Waals surface area contributed by atoms with Gasteiger partial charge in [0.1, 0.15) is 5.60 Å². The molecule has 1 unspecified atom stereocenters. The SMILES string of the molecule is COc1cc(N)c(NCC2(OC)CCOC2)cc1OC.